The number of rotatable bonds is 5. The second-order valence-corrected chi connectivity index (χ2v) is 9.08. The summed E-state index contributed by atoms with van der Waals surface area (Å²) in [5.41, 5.74) is 1.31. The molecule has 2 unspecified atom stereocenters. The first-order valence-electron chi connectivity index (χ1n) is 9.35. The van der Waals surface area contributed by atoms with Crippen LogP contribution in [0.1, 0.15) is 19.4 Å². The summed E-state index contributed by atoms with van der Waals surface area (Å²) in [6.45, 7) is 6.32. The predicted octanol–water partition coefficient (Wildman–Crippen LogP) is 2.83. The summed E-state index contributed by atoms with van der Waals surface area (Å²) in [5, 5.41) is 0. The van der Waals surface area contributed by atoms with Gasteiger partial charge in [-0.15, -0.1) is 0 Å². The molecule has 2 atom stereocenters. The molecule has 1 heterocycles. The molecule has 7 heteroatoms. The Labute approximate surface area is 166 Å². The summed E-state index contributed by atoms with van der Waals surface area (Å²) in [6.07, 6.45) is -0.155. The van der Waals surface area contributed by atoms with Gasteiger partial charge in [0.25, 0.3) is 10.0 Å². The van der Waals surface area contributed by atoms with Crippen LogP contribution in [0.2, 0.25) is 0 Å². The first-order valence-corrected chi connectivity index (χ1v) is 10.8. The van der Waals surface area contributed by atoms with Gasteiger partial charge < -0.3 is 9.64 Å². The number of ether oxygens (including phenoxy) is 1. The fourth-order valence-electron chi connectivity index (χ4n) is 3.42. The van der Waals surface area contributed by atoms with Gasteiger partial charge in [-0.2, -0.15) is 0 Å². The van der Waals surface area contributed by atoms with Gasteiger partial charge in [-0.05, 0) is 50.6 Å². The summed E-state index contributed by atoms with van der Waals surface area (Å²) >= 11 is 0. The molecular weight excluding hydrogens is 376 g/mol. The van der Waals surface area contributed by atoms with Crippen molar-refractivity contribution in [2.75, 3.05) is 23.9 Å². The van der Waals surface area contributed by atoms with E-state index < -0.39 is 10.0 Å². The average molecular weight is 403 g/mol. The monoisotopic (exact) mass is 402 g/mol. The molecule has 3 rings (SSSR count). The Kier molecular flexibility index (Phi) is 6.05. The molecule has 1 fully saturated rings. The highest BCUT2D eigenvalue weighted by atomic mass is 32.2. The molecule has 2 aromatic carbocycles. The van der Waals surface area contributed by atoms with Crippen LogP contribution in [-0.2, 0) is 19.6 Å². The highest BCUT2D eigenvalue weighted by molar-refractivity contribution is 7.92. The van der Waals surface area contributed by atoms with Crippen LogP contribution in [-0.4, -0.2) is 51.1 Å². The van der Waals surface area contributed by atoms with Gasteiger partial charge in [0.1, 0.15) is 6.54 Å². The van der Waals surface area contributed by atoms with Crippen molar-refractivity contribution in [2.45, 2.75) is 37.9 Å². The van der Waals surface area contributed by atoms with E-state index in [1.165, 1.54) is 4.31 Å². The van der Waals surface area contributed by atoms with E-state index in [0.29, 0.717) is 18.8 Å². The van der Waals surface area contributed by atoms with Crippen molar-refractivity contribution in [1.29, 1.82) is 0 Å². The Bertz CT molecular complexity index is 920. The number of carbonyl (C=O) groups is 1. The zero-order valence-electron chi connectivity index (χ0n) is 16.4. The number of sulfonamides is 1. The highest BCUT2D eigenvalue weighted by Crippen LogP contribution is 2.24. The van der Waals surface area contributed by atoms with Gasteiger partial charge >= 0.3 is 0 Å². The number of para-hydroxylation sites is 1. The minimum atomic E-state index is -3.88. The van der Waals surface area contributed by atoms with Gasteiger partial charge in [-0.1, -0.05) is 30.3 Å². The van der Waals surface area contributed by atoms with Crippen LogP contribution in [0.25, 0.3) is 0 Å². The minimum Gasteiger partial charge on any atom is -0.372 e. The molecule has 0 saturated carbocycles. The molecular formula is C21H26N2O4S. The lowest BCUT2D eigenvalue weighted by atomic mass is 10.2. The van der Waals surface area contributed by atoms with E-state index in [9.17, 15) is 13.2 Å². The maximum Gasteiger partial charge on any atom is 0.264 e. The van der Waals surface area contributed by atoms with Crippen molar-refractivity contribution >= 4 is 21.6 Å². The van der Waals surface area contributed by atoms with Crippen LogP contribution in [0.5, 0.6) is 0 Å². The zero-order valence-corrected chi connectivity index (χ0v) is 17.2. The summed E-state index contributed by atoms with van der Waals surface area (Å²) < 4.78 is 33.6. The summed E-state index contributed by atoms with van der Waals surface area (Å²) in [6, 6.07) is 15.5. The van der Waals surface area contributed by atoms with Crippen LogP contribution >= 0.6 is 0 Å². The Hall–Kier alpha value is -2.38. The van der Waals surface area contributed by atoms with Crippen molar-refractivity contribution in [3.05, 3.63) is 60.2 Å². The van der Waals surface area contributed by atoms with Crippen LogP contribution in [0, 0.1) is 6.92 Å². The molecule has 0 N–H and O–H groups in total. The fourth-order valence-corrected chi connectivity index (χ4v) is 4.94. The van der Waals surface area contributed by atoms with Gasteiger partial charge in [0.2, 0.25) is 5.91 Å². The van der Waals surface area contributed by atoms with Crippen LogP contribution in [0.15, 0.2) is 59.5 Å². The van der Waals surface area contributed by atoms with E-state index in [2.05, 4.69) is 0 Å². The lowest BCUT2D eigenvalue weighted by Crippen LogP contribution is -2.51. The Morgan fingerprint density at radius 2 is 1.71 bits per heavy atom. The van der Waals surface area contributed by atoms with E-state index in [-0.39, 0.29) is 29.6 Å². The van der Waals surface area contributed by atoms with Crippen molar-refractivity contribution in [3.63, 3.8) is 0 Å². The number of carbonyl (C=O) groups excluding carboxylic acids is 1. The number of hydrogen-bond acceptors (Lipinski definition) is 4. The van der Waals surface area contributed by atoms with E-state index in [1.54, 1.807) is 47.4 Å². The molecule has 150 valence electrons. The third-order valence-electron chi connectivity index (χ3n) is 4.67. The van der Waals surface area contributed by atoms with Gasteiger partial charge in [-0.25, -0.2) is 8.42 Å². The number of aryl methyl sites for hydroxylation is 1. The minimum absolute atomic E-state index is 0.0775. The Balaban J connectivity index is 1.93. The molecule has 0 radical (unpaired) electrons. The first kappa shape index (κ1) is 20.4. The van der Waals surface area contributed by atoms with Crippen molar-refractivity contribution in [3.8, 4) is 0 Å². The second-order valence-electron chi connectivity index (χ2n) is 7.22. The Morgan fingerprint density at radius 1 is 1.07 bits per heavy atom. The smallest absolute Gasteiger partial charge is 0.264 e. The van der Waals surface area contributed by atoms with Crippen molar-refractivity contribution in [1.82, 2.24) is 4.90 Å². The third-order valence-corrected chi connectivity index (χ3v) is 6.44. The molecule has 0 aromatic heterocycles. The lowest BCUT2D eigenvalue weighted by Gasteiger charge is -2.36. The van der Waals surface area contributed by atoms with Crippen LogP contribution < -0.4 is 4.31 Å². The number of morpholine rings is 1. The fraction of sp³-hybridized carbons (Fsp3) is 0.381. The topological polar surface area (TPSA) is 66.9 Å². The molecule has 0 aliphatic carbocycles. The maximum atomic E-state index is 13.4. The van der Waals surface area contributed by atoms with Gasteiger partial charge in [0, 0.05) is 13.1 Å². The van der Waals surface area contributed by atoms with Gasteiger partial charge in [0.05, 0.1) is 22.8 Å². The zero-order chi connectivity index (χ0) is 20.3. The normalized spacial score (nSPS) is 20.0. The molecule has 0 spiro atoms. The van der Waals surface area contributed by atoms with Crippen LogP contribution in [0.4, 0.5) is 5.69 Å². The molecule has 1 aliphatic heterocycles. The van der Waals surface area contributed by atoms with Crippen molar-refractivity contribution in [2.24, 2.45) is 0 Å². The van der Waals surface area contributed by atoms with Gasteiger partial charge in [-0.3, -0.25) is 9.10 Å². The number of anilines is 1. The lowest BCUT2D eigenvalue weighted by molar-refractivity contribution is -0.141. The number of nitrogens with zero attached hydrogens (tertiary/aromatic N) is 2. The standard InChI is InChI=1S/C21H26N2O4S/c1-16-8-7-11-20(12-16)28(25,26)23(19-9-5-4-6-10-19)15-21(24)22-13-17(2)27-18(3)14-22/h4-12,17-18H,13-15H2,1-3H3. The predicted molar refractivity (Wildman–Crippen MR) is 109 cm³/mol. The molecule has 28 heavy (non-hydrogen) atoms. The third kappa shape index (κ3) is 4.54. The largest absolute Gasteiger partial charge is 0.372 e. The molecule has 6 nitrogen and oxygen atoms in total. The SMILES string of the molecule is Cc1cccc(S(=O)(=O)N(CC(=O)N2CC(C)OC(C)C2)c2ccccc2)c1. The number of hydrogen-bond donors (Lipinski definition) is 0. The van der Waals surface area contributed by atoms with Crippen molar-refractivity contribution < 1.29 is 17.9 Å². The average Bonchev–Trinajstić information content (AvgIpc) is 2.65. The van der Waals surface area contributed by atoms with E-state index in [1.807, 2.05) is 32.9 Å². The molecule has 1 amide bonds. The molecule has 2 aromatic rings. The maximum absolute atomic E-state index is 13.4. The van der Waals surface area contributed by atoms with E-state index >= 15 is 0 Å². The molecule has 1 aliphatic rings. The van der Waals surface area contributed by atoms with Crippen LogP contribution in [0.3, 0.4) is 0 Å². The summed E-state index contributed by atoms with van der Waals surface area (Å²) in [5.74, 6) is -0.234. The second kappa shape index (κ2) is 8.32. The Morgan fingerprint density at radius 3 is 2.32 bits per heavy atom. The van der Waals surface area contributed by atoms with E-state index in [0.717, 1.165) is 5.56 Å². The summed E-state index contributed by atoms with van der Waals surface area (Å²) in [7, 11) is -3.88. The first-order chi connectivity index (χ1) is 13.3. The number of benzene rings is 2. The van der Waals surface area contributed by atoms with Gasteiger partial charge in [0.15, 0.2) is 0 Å². The quantitative estimate of drug-likeness (QED) is 0.771. The molecule has 1 saturated heterocycles. The highest BCUT2D eigenvalue weighted by Gasteiger charge is 2.31. The summed E-state index contributed by atoms with van der Waals surface area (Å²) in [4.78, 5) is 14.8. The van der Waals surface area contributed by atoms with E-state index in [4.69, 9.17) is 4.74 Å². The molecule has 0 bridgehead atoms. The number of amides is 1.